The van der Waals surface area contributed by atoms with Crippen molar-refractivity contribution in [1.29, 1.82) is 0 Å². The summed E-state index contributed by atoms with van der Waals surface area (Å²) >= 11 is 0. The number of nitrogens with two attached hydrogens (primary N) is 1. The number of rotatable bonds is 7. The minimum absolute atomic E-state index is 0.0570. The number of aromatic nitrogens is 5. The molecule has 0 radical (unpaired) electrons. The standard InChI is InChI=1S/C24H22N6O5/c1-15-20(27-30(26-15)17-11-7-4-8-12-17)23(33)35-14-18(31)19-21(25)29(24(34)28(2)22(19)32)13-16-9-5-3-6-10-16/h3-12H,13-14,25H2,1-2H3. The van der Waals surface area contributed by atoms with Gasteiger partial charge in [-0.3, -0.25) is 18.7 Å². The van der Waals surface area contributed by atoms with Crippen LogP contribution in [0.15, 0.2) is 70.3 Å². The van der Waals surface area contributed by atoms with Gasteiger partial charge in [0.05, 0.1) is 17.9 Å². The Bertz CT molecular complexity index is 1520. The van der Waals surface area contributed by atoms with Crippen molar-refractivity contribution in [3.63, 3.8) is 0 Å². The summed E-state index contributed by atoms with van der Waals surface area (Å²) in [4.78, 5) is 52.0. The maximum atomic E-state index is 12.9. The number of benzene rings is 2. The lowest BCUT2D eigenvalue weighted by molar-refractivity contribution is 0.0467. The molecule has 35 heavy (non-hydrogen) atoms. The van der Waals surface area contributed by atoms with E-state index in [1.165, 1.54) is 11.8 Å². The van der Waals surface area contributed by atoms with Gasteiger partial charge < -0.3 is 10.5 Å². The van der Waals surface area contributed by atoms with Crippen LogP contribution in [-0.4, -0.2) is 42.5 Å². The number of esters is 1. The fourth-order valence-corrected chi connectivity index (χ4v) is 3.48. The molecule has 0 saturated heterocycles. The third kappa shape index (κ3) is 4.64. The Labute approximate surface area is 199 Å². The van der Waals surface area contributed by atoms with Gasteiger partial charge >= 0.3 is 11.7 Å². The molecule has 11 heteroatoms. The fourth-order valence-electron chi connectivity index (χ4n) is 3.48. The molecule has 0 aliphatic rings. The number of hydrogen-bond acceptors (Lipinski definition) is 8. The smallest absolute Gasteiger partial charge is 0.361 e. The third-order valence-electron chi connectivity index (χ3n) is 5.34. The Kier molecular flexibility index (Phi) is 6.40. The van der Waals surface area contributed by atoms with E-state index < -0.39 is 35.2 Å². The lowest BCUT2D eigenvalue weighted by Crippen LogP contribution is -2.43. The topological polar surface area (TPSA) is 144 Å². The van der Waals surface area contributed by atoms with Gasteiger partial charge in [-0.25, -0.2) is 9.59 Å². The summed E-state index contributed by atoms with van der Waals surface area (Å²) in [6.07, 6.45) is 0. The monoisotopic (exact) mass is 474 g/mol. The minimum atomic E-state index is -0.883. The highest BCUT2D eigenvalue weighted by molar-refractivity contribution is 6.02. The van der Waals surface area contributed by atoms with Crippen LogP contribution in [-0.2, 0) is 18.3 Å². The van der Waals surface area contributed by atoms with Crippen LogP contribution in [0.1, 0.15) is 32.1 Å². The van der Waals surface area contributed by atoms with Gasteiger partial charge in [0, 0.05) is 7.05 Å². The molecule has 0 atom stereocenters. The second-order valence-electron chi connectivity index (χ2n) is 7.74. The molecule has 2 heterocycles. The molecule has 0 fully saturated rings. The van der Waals surface area contributed by atoms with E-state index in [0.717, 1.165) is 14.7 Å². The lowest BCUT2D eigenvalue weighted by atomic mass is 10.2. The van der Waals surface area contributed by atoms with Crippen LogP contribution in [0, 0.1) is 6.92 Å². The maximum absolute atomic E-state index is 12.9. The summed E-state index contributed by atoms with van der Waals surface area (Å²) in [5, 5.41) is 8.33. The predicted octanol–water partition coefficient (Wildman–Crippen LogP) is 1.11. The van der Waals surface area contributed by atoms with Crippen molar-refractivity contribution in [3.05, 3.63) is 104 Å². The van der Waals surface area contributed by atoms with Gasteiger partial charge in [-0.2, -0.15) is 9.90 Å². The first-order valence-corrected chi connectivity index (χ1v) is 10.6. The molecule has 0 spiro atoms. The maximum Gasteiger partial charge on any atom is 0.361 e. The van der Waals surface area contributed by atoms with Crippen molar-refractivity contribution in [2.24, 2.45) is 7.05 Å². The van der Waals surface area contributed by atoms with Crippen LogP contribution in [0.3, 0.4) is 0 Å². The molecule has 11 nitrogen and oxygen atoms in total. The van der Waals surface area contributed by atoms with E-state index >= 15 is 0 Å². The van der Waals surface area contributed by atoms with Crippen LogP contribution in [0.2, 0.25) is 0 Å². The first-order valence-electron chi connectivity index (χ1n) is 10.6. The fraction of sp³-hybridized carbons (Fsp3) is 0.167. The molecule has 4 aromatic rings. The predicted molar refractivity (Wildman–Crippen MR) is 127 cm³/mol. The van der Waals surface area contributed by atoms with Crippen molar-refractivity contribution in [3.8, 4) is 5.69 Å². The Morgan fingerprint density at radius 3 is 2.26 bits per heavy atom. The highest BCUT2D eigenvalue weighted by Crippen LogP contribution is 2.12. The number of aryl methyl sites for hydroxylation is 1. The highest BCUT2D eigenvalue weighted by atomic mass is 16.5. The molecule has 0 saturated carbocycles. The largest absolute Gasteiger partial charge is 0.452 e. The van der Waals surface area contributed by atoms with Crippen molar-refractivity contribution in [2.75, 3.05) is 12.3 Å². The summed E-state index contributed by atoms with van der Waals surface area (Å²) < 4.78 is 7.04. The first-order chi connectivity index (χ1) is 16.8. The molecule has 178 valence electrons. The molecule has 2 N–H and O–H groups in total. The van der Waals surface area contributed by atoms with Crippen LogP contribution in [0.25, 0.3) is 5.69 Å². The third-order valence-corrected chi connectivity index (χ3v) is 5.34. The van der Waals surface area contributed by atoms with E-state index in [4.69, 9.17) is 10.5 Å². The Morgan fingerprint density at radius 2 is 1.60 bits per heavy atom. The van der Waals surface area contributed by atoms with Crippen LogP contribution in [0.4, 0.5) is 5.82 Å². The number of Topliss-reactive ketones (excluding diaryl/α,β-unsaturated/α-hetero) is 1. The number of anilines is 1. The highest BCUT2D eigenvalue weighted by Gasteiger charge is 2.24. The molecule has 0 aliphatic heterocycles. The molecule has 0 unspecified atom stereocenters. The van der Waals surface area contributed by atoms with Crippen LogP contribution < -0.4 is 17.0 Å². The summed E-state index contributed by atoms with van der Waals surface area (Å²) in [5.41, 5.74) is 5.73. The number of nitrogens with zero attached hydrogens (tertiary/aromatic N) is 5. The Hall–Kier alpha value is -4.80. The number of nitrogen functional groups attached to an aromatic ring is 1. The Balaban J connectivity index is 1.57. The van der Waals surface area contributed by atoms with Gasteiger partial charge in [0.25, 0.3) is 5.56 Å². The molecule has 2 aromatic heterocycles. The average Bonchev–Trinajstić information content (AvgIpc) is 3.27. The average molecular weight is 474 g/mol. The lowest BCUT2D eigenvalue weighted by Gasteiger charge is -2.14. The van der Waals surface area contributed by atoms with Gasteiger partial charge in [0.15, 0.2) is 12.3 Å². The SMILES string of the molecule is Cc1nn(-c2ccccc2)nc1C(=O)OCC(=O)c1c(N)n(Cc2ccccc2)c(=O)n(C)c1=O. The normalized spacial score (nSPS) is 10.8. The number of ether oxygens (including phenoxy) is 1. The molecule has 4 rings (SSSR count). The summed E-state index contributed by atoms with van der Waals surface area (Å²) in [6.45, 7) is 0.874. The molecule has 0 bridgehead atoms. The van der Waals surface area contributed by atoms with Crippen LogP contribution >= 0.6 is 0 Å². The van der Waals surface area contributed by atoms with Gasteiger partial charge in [-0.05, 0) is 24.6 Å². The number of ketones is 1. The van der Waals surface area contributed by atoms with E-state index in [-0.39, 0.29) is 18.1 Å². The van der Waals surface area contributed by atoms with Gasteiger partial charge in [-0.1, -0.05) is 48.5 Å². The van der Waals surface area contributed by atoms with E-state index in [9.17, 15) is 19.2 Å². The second-order valence-corrected chi connectivity index (χ2v) is 7.74. The molecule has 0 amide bonds. The second kappa shape index (κ2) is 9.59. The van der Waals surface area contributed by atoms with E-state index in [2.05, 4.69) is 10.2 Å². The summed E-state index contributed by atoms with van der Waals surface area (Å²) in [7, 11) is 1.25. The van der Waals surface area contributed by atoms with Crippen molar-refractivity contribution >= 4 is 17.6 Å². The minimum Gasteiger partial charge on any atom is -0.452 e. The van der Waals surface area contributed by atoms with Crippen molar-refractivity contribution < 1.29 is 14.3 Å². The quantitative estimate of drug-likeness (QED) is 0.310. The summed E-state index contributed by atoms with van der Waals surface area (Å²) in [5.74, 6) is -2.02. The van der Waals surface area contributed by atoms with Crippen molar-refractivity contribution in [2.45, 2.75) is 13.5 Å². The number of carbonyl (C=O) groups is 2. The molecular formula is C24H22N6O5. The zero-order valence-corrected chi connectivity index (χ0v) is 19.0. The molecule has 2 aromatic carbocycles. The van der Waals surface area contributed by atoms with E-state index in [0.29, 0.717) is 11.4 Å². The number of para-hydroxylation sites is 1. The van der Waals surface area contributed by atoms with Crippen molar-refractivity contribution in [1.82, 2.24) is 24.1 Å². The zero-order valence-electron chi connectivity index (χ0n) is 19.0. The zero-order chi connectivity index (χ0) is 25.1. The van der Waals surface area contributed by atoms with Crippen LogP contribution in [0.5, 0.6) is 0 Å². The Morgan fingerprint density at radius 1 is 0.971 bits per heavy atom. The first kappa shape index (κ1) is 23.4. The van der Waals surface area contributed by atoms with Gasteiger partial charge in [0.1, 0.15) is 11.4 Å². The number of hydrogen-bond donors (Lipinski definition) is 1. The molecule has 0 aliphatic carbocycles. The van der Waals surface area contributed by atoms with Gasteiger partial charge in [0.2, 0.25) is 5.78 Å². The van der Waals surface area contributed by atoms with Gasteiger partial charge in [-0.15, -0.1) is 5.10 Å². The van der Waals surface area contributed by atoms with E-state index in [1.807, 2.05) is 12.1 Å². The summed E-state index contributed by atoms with van der Waals surface area (Å²) in [6, 6.07) is 17.9. The molecular weight excluding hydrogens is 452 g/mol. The number of carbonyl (C=O) groups excluding carboxylic acids is 2. The van der Waals surface area contributed by atoms with E-state index in [1.54, 1.807) is 55.5 Å².